The van der Waals surface area contributed by atoms with Crippen molar-refractivity contribution in [3.8, 4) is 5.75 Å². The molecule has 7 heteroatoms. The molecule has 0 saturated carbocycles. The summed E-state index contributed by atoms with van der Waals surface area (Å²) >= 11 is 4.99. The minimum Gasteiger partial charge on any atom is -0.496 e. The number of carbonyl (C=O) groups excluding carboxylic acids is 2. The smallest absolute Gasteiger partial charge is 0.255 e. The SMILES string of the molecule is COc1ccccc1C(=O)NC(CCSC)C(=O)Nc1ccc(Br)cc1. The lowest BCUT2D eigenvalue weighted by Crippen LogP contribution is -2.44. The van der Waals surface area contributed by atoms with Gasteiger partial charge < -0.3 is 15.4 Å². The molecule has 2 aromatic carbocycles. The van der Waals surface area contributed by atoms with Crippen LogP contribution in [-0.2, 0) is 4.79 Å². The van der Waals surface area contributed by atoms with Crippen molar-refractivity contribution in [1.29, 1.82) is 0 Å². The Morgan fingerprint density at radius 3 is 2.50 bits per heavy atom. The van der Waals surface area contributed by atoms with E-state index in [0.717, 1.165) is 10.2 Å². The van der Waals surface area contributed by atoms with Gasteiger partial charge in [-0.15, -0.1) is 0 Å². The van der Waals surface area contributed by atoms with Crippen molar-refractivity contribution in [2.75, 3.05) is 24.4 Å². The highest BCUT2D eigenvalue weighted by molar-refractivity contribution is 9.10. The fraction of sp³-hybridized carbons (Fsp3) is 0.263. The van der Waals surface area contributed by atoms with Gasteiger partial charge in [0.25, 0.3) is 5.91 Å². The van der Waals surface area contributed by atoms with E-state index in [1.165, 1.54) is 7.11 Å². The second-order valence-corrected chi connectivity index (χ2v) is 7.41. The number of anilines is 1. The van der Waals surface area contributed by atoms with Crippen LogP contribution in [-0.4, -0.2) is 37.0 Å². The molecule has 0 aliphatic heterocycles. The van der Waals surface area contributed by atoms with Gasteiger partial charge in [0.1, 0.15) is 11.8 Å². The van der Waals surface area contributed by atoms with Gasteiger partial charge in [0.15, 0.2) is 0 Å². The lowest BCUT2D eigenvalue weighted by atomic mass is 10.1. The largest absolute Gasteiger partial charge is 0.496 e. The summed E-state index contributed by atoms with van der Waals surface area (Å²) in [5.74, 6) is 0.649. The van der Waals surface area contributed by atoms with Crippen molar-refractivity contribution >= 4 is 45.2 Å². The van der Waals surface area contributed by atoms with Gasteiger partial charge in [-0.2, -0.15) is 11.8 Å². The molecular formula is C19H21BrN2O3S. The molecule has 0 saturated heterocycles. The first-order valence-electron chi connectivity index (χ1n) is 8.04. The third-order valence-corrected chi connectivity index (χ3v) is 4.87. The Bertz CT molecular complexity index is 753. The van der Waals surface area contributed by atoms with Crippen LogP contribution in [0.15, 0.2) is 53.0 Å². The number of ether oxygens (including phenoxy) is 1. The van der Waals surface area contributed by atoms with E-state index in [4.69, 9.17) is 4.74 Å². The van der Waals surface area contributed by atoms with Gasteiger partial charge >= 0.3 is 0 Å². The molecule has 0 aliphatic carbocycles. The van der Waals surface area contributed by atoms with Crippen LogP contribution in [0.4, 0.5) is 5.69 Å². The summed E-state index contributed by atoms with van der Waals surface area (Å²) in [7, 11) is 1.51. The number of thioether (sulfide) groups is 1. The number of hydrogen-bond donors (Lipinski definition) is 2. The van der Waals surface area contributed by atoms with E-state index in [0.29, 0.717) is 23.4 Å². The number of benzene rings is 2. The zero-order valence-electron chi connectivity index (χ0n) is 14.6. The Balaban J connectivity index is 2.11. The quantitative estimate of drug-likeness (QED) is 0.657. The summed E-state index contributed by atoms with van der Waals surface area (Å²) in [6.07, 6.45) is 2.50. The second-order valence-electron chi connectivity index (χ2n) is 5.50. The maximum Gasteiger partial charge on any atom is 0.255 e. The molecule has 2 amide bonds. The number of amides is 2. The third-order valence-electron chi connectivity index (χ3n) is 3.70. The van der Waals surface area contributed by atoms with Crippen LogP contribution in [0.1, 0.15) is 16.8 Å². The molecule has 0 radical (unpaired) electrons. The van der Waals surface area contributed by atoms with Gasteiger partial charge in [0, 0.05) is 10.2 Å². The van der Waals surface area contributed by atoms with Crippen LogP contribution in [0.3, 0.4) is 0 Å². The topological polar surface area (TPSA) is 67.4 Å². The molecule has 1 atom stereocenters. The predicted molar refractivity (Wildman–Crippen MR) is 110 cm³/mol. The van der Waals surface area contributed by atoms with Gasteiger partial charge in [-0.1, -0.05) is 28.1 Å². The normalized spacial score (nSPS) is 11.5. The summed E-state index contributed by atoms with van der Waals surface area (Å²) in [5, 5.41) is 5.67. The van der Waals surface area contributed by atoms with Gasteiger partial charge in [-0.25, -0.2) is 0 Å². The zero-order chi connectivity index (χ0) is 18.9. The lowest BCUT2D eigenvalue weighted by molar-refractivity contribution is -0.118. The highest BCUT2D eigenvalue weighted by atomic mass is 79.9. The first kappa shape index (κ1) is 20.3. The number of methoxy groups -OCH3 is 1. The molecule has 0 fully saturated rings. The van der Waals surface area contributed by atoms with Crippen molar-refractivity contribution < 1.29 is 14.3 Å². The minimum absolute atomic E-state index is 0.246. The number of nitrogens with one attached hydrogen (secondary N) is 2. The Labute approximate surface area is 166 Å². The molecule has 5 nitrogen and oxygen atoms in total. The van der Waals surface area contributed by atoms with Crippen LogP contribution >= 0.6 is 27.7 Å². The van der Waals surface area contributed by atoms with Crippen LogP contribution in [0.25, 0.3) is 0 Å². The van der Waals surface area contributed by atoms with Gasteiger partial charge in [0.05, 0.1) is 12.7 Å². The standard InChI is InChI=1S/C19H21BrN2O3S/c1-25-17-6-4-3-5-15(17)18(23)22-16(11-12-26-2)19(24)21-14-9-7-13(20)8-10-14/h3-10,16H,11-12H2,1-2H3,(H,21,24)(H,22,23). The monoisotopic (exact) mass is 436 g/mol. The number of para-hydroxylation sites is 1. The van der Waals surface area contributed by atoms with Crippen molar-refractivity contribution in [1.82, 2.24) is 5.32 Å². The van der Waals surface area contributed by atoms with Gasteiger partial charge in [-0.05, 0) is 54.8 Å². The lowest BCUT2D eigenvalue weighted by Gasteiger charge is -2.19. The Morgan fingerprint density at radius 1 is 1.15 bits per heavy atom. The van der Waals surface area contributed by atoms with Crippen LogP contribution in [0, 0.1) is 0 Å². The fourth-order valence-electron chi connectivity index (χ4n) is 2.34. The number of carbonyl (C=O) groups is 2. The second kappa shape index (κ2) is 10.2. The number of halogens is 1. The third kappa shape index (κ3) is 5.78. The minimum atomic E-state index is -0.636. The van der Waals surface area contributed by atoms with Gasteiger partial charge in [0.2, 0.25) is 5.91 Å². The van der Waals surface area contributed by atoms with Crippen LogP contribution in [0.5, 0.6) is 5.75 Å². The summed E-state index contributed by atoms with van der Waals surface area (Å²) in [4.78, 5) is 25.3. The molecule has 0 spiro atoms. The number of hydrogen-bond acceptors (Lipinski definition) is 4. The Morgan fingerprint density at radius 2 is 1.85 bits per heavy atom. The van der Waals surface area contributed by atoms with E-state index in [1.807, 2.05) is 18.4 Å². The summed E-state index contributed by atoms with van der Waals surface area (Å²) < 4.78 is 6.16. The van der Waals surface area contributed by atoms with Crippen molar-refractivity contribution in [2.45, 2.75) is 12.5 Å². The summed E-state index contributed by atoms with van der Waals surface area (Å²) in [6.45, 7) is 0. The molecule has 0 aromatic heterocycles. The molecule has 0 heterocycles. The molecule has 0 aliphatic rings. The molecule has 26 heavy (non-hydrogen) atoms. The summed E-state index contributed by atoms with van der Waals surface area (Å²) in [6, 6.07) is 13.6. The van der Waals surface area contributed by atoms with Crippen molar-refractivity contribution in [3.05, 3.63) is 58.6 Å². The van der Waals surface area contributed by atoms with E-state index < -0.39 is 6.04 Å². The molecule has 2 rings (SSSR count). The highest BCUT2D eigenvalue weighted by Crippen LogP contribution is 2.18. The van der Waals surface area contributed by atoms with E-state index in [9.17, 15) is 9.59 Å². The number of rotatable bonds is 8. The Hall–Kier alpha value is -1.99. The van der Waals surface area contributed by atoms with E-state index in [2.05, 4.69) is 26.6 Å². The summed E-state index contributed by atoms with van der Waals surface area (Å²) in [5.41, 5.74) is 1.08. The molecular weight excluding hydrogens is 416 g/mol. The van der Waals surface area contributed by atoms with E-state index >= 15 is 0 Å². The van der Waals surface area contributed by atoms with E-state index in [1.54, 1.807) is 48.2 Å². The predicted octanol–water partition coefficient (Wildman–Crippen LogP) is 3.95. The van der Waals surface area contributed by atoms with Crippen molar-refractivity contribution in [3.63, 3.8) is 0 Å². The van der Waals surface area contributed by atoms with Crippen LogP contribution < -0.4 is 15.4 Å². The average molecular weight is 437 g/mol. The molecule has 0 bridgehead atoms. The fourth-order valence-corrected chi connectivity index (χ4v) is 3.07. The van der Waals surface area contributed by atoms with Crippen LogP contribution in [0.2, 0.25) is 0 Å². The van der Waals surface area contributed by atoms with Gasteiger partial charge in [-0.3, -0.25) is 9.59 Å². The molecule has 2 aromatic rings. The Kier molecular flexibility index (Phi) is 8.00. The first-order chi connectivity index (χ1) is 12.5. The van der Waals surface area contributed by atoms with Crippen molar-refractivity contribution in [2.24, 2.45) is 0 Å². The molecule has 138 valence electrons. The first-order valence-corrected chi connectivity index (χ1v) is 10.2. The zero-order valence-corrected chi connectivity index (χ0v) is 17.0. The average Bonchev–Trinajstić information content (AvgIpc) is 2.66. The molecule has 1 unspecified atom stereocenters. The maximum absolute atomic E-state index is 12.6. The maximum atomic E-state index is 12.6. The molecule has 2 N–H and O–H groups in total. The highest BCUT2D eigenvalue weighted by Gasteiger charge is 2.22. The van der Waals surface area contributed by atoms with E-state index in [-0.39, 0.29) is 11.8 Å².